The predicted molar refractivity (Wildman–Crippen MR) is 68.3 cm³/mol. The summed E-state index contributed by atoms with van der Waals surface area (Å²) in [4.78, 5) is 35.2. The number of carboxylic acids is 1. The number of carboxylic acid groups (broad SMARTS) is 1. The van der Waals surface area contributed by atoms with Gasteiger partial charge in [0.1, 0.15) is 6.04 Å². The van der Waals surface area contributed by atoms with E-state index < -0.39 is 12.0 Å². The van der Waals surface area contributed by atoms with Gasteiger partial charge in [-0.15, -0.1) is 0 Å². The van der Waals surface area contributed by atoms with Gasteiger partial charge in [0.15, 0.2) is 5.12 Å². The van der Waals surface area contributed by atoms with E-state index >= 15 is 0 Å². The van der Waals surface area contributed by atoms with Crippen molar-refractivity contribution >= 4 is 28.8 Å². The normalized spacial score (nSPS) is 20.1. The van der Waals surface area contributed by atoms with Crippen LogP contribution in [0.3, 0.4) is 0 Å². The van der Waals surface area contributed by atoms with Crippen LogP contribution < -0.4 is 0 Å². The number of hydrogen-bond acceptors (Lipinski definition) is 4. The first kappa shape index (κ1) is 16.9. The van der Waals surface area contributed by atoms with E-state index in [0.29, 0.717) is 18.7 Å². The molecule has 104 valence electrons. The molecule has 0 saturated carbocycles. The van der Waals surface area contributed by atoms with Crippen molar-refractivity contribution in [2.45, 2.75) is 32.7 Å². The highest BCUT2D eigenvalue weighted by Crippen LogP contribution is 2.21. The molecule has 0 aliphatic carbocycles. The first-order chi connectivity index (χ1) is 7.93. The number of aliphatic carboxylic acids is 1. The lowest BCUT2D eigenvalue weighted by atomic mass is 10.1. The van der Waals surface area contributed by atoms with Crippen LogP contribution in [0.25, 0.3) is 0 Å². The average molecular weight is 277 g/mol. The summed E-state index contributed by atoms with van der Waals surface area (Å²) < 4.78 is 0. The second-order valence-electron chi connectivity index (χ2n) is 4.23. The Balaban J connectivity index is 0.00000289. The molecule has 1 rings (SSSR count). The van der Waals surface area contributed by atoms with Crippen molar-refractivity contribution < 1.29 is 25.0 Å². The Kier molecular flexibility index (Phi) is 6.93. The van der Waals surface area contributed by atoms with Gasteiger partial charge in [0, 0.05) is 25.1 Å². The van der Waals surface area contributed by atoms with Crippen LogP contribution in [-0.4, -0.2) is 50.8 Å². The van der Waals surface area contributed by atoms with Crippen LogP contribution in [0, 0.1) is 5.92 Å². The Morgan fingerprint density at radius 3 is 2.56 bits per heavy atom. The van der Waals surface area contributed by atoms with Crippen LogP contribution in [0.1, 0.15) is 26.7 Å². The second kappa shape index (κ2) is 7.38. The topological polar surface area (TPSA) is 106 Å². The number of amides is 1. The maximum atomic E-state index is 12.0. The molecule has 0 unspecified atom stereocenters. The Hall–Kier alpha value is -1.08. The molecule has 0 aromatic heterocycles. The van der Waals surface area contributed by atoms with Gasteiger partial charge in [-0.1, -0.05) is 18.7 Å². The molecular formula is C11H19NO5S. The molecule has 6 nitrogen and oxygen atoms in total. The molecule has 3 N–H and O–H groups in total. The van der Waals surface area contributed by atoms with E-state index in [2.05, 4.69) is 0 Å². The van der Waals surface area contributed by atoms with Crippen LogP contribution in [-0.2, 0) is 14.4 Å². The number of carbonyl (C=O) groups excluding carboxylic acids is 2. The number of hydrogen-bond donors (Lipinski definition) is 1. The summed E-state index contributed by atoms with van der Waals surface area (Å²) in [6.07, 6.45) is 1.25. The zero-order valence-corrected chi connectivity index (χ0v) is 11.3. The minimum atomic E-state index is -0.942. The number of likely N-dealkylation sites (tertiary alicyclic amines) is 1. The highest BCUT2D eigenvalue weighted by molar-refractivity contribution is 8.13. The summed E-state index contributed by atoms with van der Waals surface area (Å²) in [6, 6.07) is -0.688. The molecular weight excluding hydrogens is 258 g/mol. The van der Waals surface area contributed by atoms with Crippen molar-refractivity contribution in [3.05, 3.63) is 0 Å². The molecule has 1 saturated heterocycles. The molecule has 0 radical (unpaired) electrons. The third kappa shape index (κ3) is 4.30. The third-order valence-electron chi connectivity index (χ3n) is 2.78. The molecule has 0 aromatic rings. The Morgan fingerprint density at radius 2 is 2.06 bits per heavy atom. The standard InChI is InChI=1S/C11H17NO4S.H2O/c1-7(6-17-8(2)13)10(14)12-5-3-4-9(12)11(15)16;/h7,9H,3-6H2,1-2H3,(H,15,16);1H2/t7-,9+;/m1./s1. The highest BCUT2D eigenvalue weighted by Gasteiger charge is 2.35. The SMILES string of the molecule is CC(=O)SC[C@@H](C)C(=O)N1CCC[C@H]1C(=O)O.O. The third-order valence-corrected chi connectivity index (χ3v) is 3.85. The Morgan fingerprint density at radius 1 is 1.44 bits per heavy atom. The summed E-state index contributed by atoms with van der Waals surface area (Å²) in [7, 11) is 0. The number of nitrogens with zero attached hydrogens (tertiary/aromatic N) is 1. The van der Waals surface area contributed by atoms with Crippen LogP contribution in [0.15, 0.2) is 0 Å². The maximum absolute atomic E-state index is 12.0. The summed E-state index contributed by atoms with van der Waals surface area (Å²) in [5.41, 5.74) is 0. The Bertz CT molecular complexity index is 333. The van der Waals surface area contributed by atoms with Gasteiger partial charge in [-0.3, -0.25) is 9.59 Å². The van der Waals surface area contributed by atoms with E-state index in [0.717, 1.165) is 18.2 Å². The molecule has 2 atom stereocenters. The first-order valence-corrected chi connectivity index (χ1v) is 6.58. The highest BCUT2D eigenvalue weighted by atomic mass is 32.2. The molecule has 0 spiro atoms. The Labute approximate surface area is 110 Å². The van der Waals surface area contributed by atoms with Gasteiger partial charge in [-0.2, -0.15) is 0 Å². The van der Waals surface area contributed by atoms with Crippen LogP contribution in [0.5, 0.6) is 0 Å². The fraction of sp³-hybridized carbons (Fsp3) is 0.727. The van der Waals surface area contributed by atoms with E-state index in [9.17, 15) is 14.4 Å². The van der Waals surface area contributed by atoms with E-state index in [1.54, 1.807) is 6.92 Å². The van der Waals surface area contributed by atoms with E-state index in [1.807, 2.05) is 0 Å². The number of thioether (sulfide) groups is 1. The van der Waals surface area contributed by atoms with Gasteiger partial charge in [-0.05, 0) is 12.8 Å². The van der Waals surface area contributed by atoms with Crippen molar-refractivity contribution in [3.8, 4) is 0 Å². The van der Waals surface area contributed by atoms with Gasteiger partial charge < -0.3 is 15.5 Å². The van der Waals surface area contributed by atoms with Gasteiger partial charge >= 0.3 is 5.97 Å². The molecule has 1 heterocycles. The molecule has 0 aromatic carbocycles. The summed E-state index contributed by atoms with van der Waals surface area (Å²) >= 11 is 1.10. The lowest BCUT2D eigenvalue weighted by Crippen LogP contribution is -2.43. The van der Waals surface area contributed by atoms with Gasteiger partial charge in [0.25, 0.3) is 0 Å². The molecule has 1 aliphatic rings. The molecule has 1 fully saturated rings. The molecule has 1 amide bonds. The maximum Gasteiger partial charge on any atom is 0.326 e. The second-order valence-corrected chi connectivity index (χ2v) is 5.43. The molecule has 7 heteroatoms. The quantitative estimate of drug-likeness (QED) is 0.787. The lowest BCUT2D eigenvalue weighted by molar-refractivity contribution is -0.149. The van der Waals surface area contributed by atoms with Gasteiger partial charge in [-0.25, -0.2) is 4.79 Å². The molecule has 1 aliphatic heterocycles. The predicted octanol–water partition coefficient (Wildman–Crippen LogP) is 0.153. The zero-order valence-electron chi connectivity index (χ0n) is 10.5. The lowest BCUT2D eigenvalue weighted by Gasteiger charge is -2.24. The zero-order chi connectivity index (χ0) is 13.0. The molecule has 18 heavy (non-hydrogen) atoms. The van der Waals surface area contributed by atoms with Crippen molar-refractivity contribution in [1.29, 1.82) is 0 Å². The van der Waals surface area contributed by atoms with Crippen molar-refractivity contribution in [2.24, 2.45) is 5.92 Å². The summed E-state index contributed by atoms with van der Waals surface area (Å²) in [6.45, 7) is 3.69. The summed E-state index contributed by atoms with van der Waals surface area (Å²) in [5.74, 6) is -1.01. The van der Waals surface area contributed by atoms with Crippen LogP contribution in [0.4, 0.5) is 0 Å². The number of carbonyl (C=O) groups is 3. The van der Waals surface area contributed by atoms with E-state index in [1.165, 1.54) is 11.8 Å². The van der Waals surface area contributed by atoms with Crippen LogP contribution >= 0.6 is 11.8 Å². The summed E-state index contributed by atoms with van der Waals surface area (Å²) in [5, 5.41) is 8.95. The minimum absolute atomic E-state index is 0. The van der Waals surface area contributed by atoms with Crippen molar-refractivity contribution in [2.75, 3.05) is 12.3 Å². The van der Waals surface area contributed by atoms with Crippen LogP contribution in [0.2, 0.25) is 0 Å². The molecule has 0 bridgehead atoms. The van der Waals surface area contributed by atoms with Gasteiger partial charge in [0.2, 0.25) is 5.91 Å². The monoisotopic (exact) mass is 277 g/mol. The average Bonchev–Trinajstić information content (AvgIpc) is 2.73. The van der Waals surface area contributed by atoms with Crippen molar-refractivity contribution in [1.82, 2.24) is 4.90 Å². The van der Waals surface area contributed by atoms with Crippen molar-refractivity contribution in [3.63, 3.8) is 0 Å². The van der Waals surface area contributed by atoms with E-state index in [-0.39, 0.29) is 22.4 Å². The fourth-order valence-corrected chi connectivity index (χ4v) is 2.51. The smallest absolute Gasteiger partial charge is 0.326 e. The number of rotatable bonds is 4. The first-order valence-electron chi connectivity index (χ1n) is 5.60. The largest absolute Gasteiger partial charge is 0.480 e. The van der Waals surface area contributed by atoms with E-state index in [4.69, 9.17) is 5.11 Å². The fourth-order valence-electron chi connectivity index (χ4n) is 1.88. The minimum Gasteiger partial charge on any atom is -0.480 e. The van der Waals surface area contributed by atoms with Gasteiger partial charge in [0.05, 0.1) is 0 Å².